The highest BCUT2D eigenvalue weighted by molar-refractivity contribution is 5.79. The smallest absolute Gasteiger partial charge is 0.225 e. The fourth-order valence-corrected chi connectivity index (χ4v) is 3.61. The summed E-state index contributed by atoms with van der Waals surface area (Å²) in [6.07, 6.45) is 5.59. The molecule has 0 aromatic carbocycles. The highest BCUT2D eigenvalue weighted by Gasteiger charge is 2.32. The van der Waals surface area contributed by atoms with Crippen LogP contribution in [-0.2, 0) is 4.79 Å². The standard InChI is InChI=1S/C17H26N4O/c1-11-12(2)18-13(3)19-16(11)20-15-8-9-21(10-15)17(22)14-6-4-5-7-14/h14-15H,4-10H2,1-3H3,(H,18,19,20). The number of nitrogens with one attached hydrogen (secondary N) is 1. The number of aromatic nitrogens is 2. The first-order valence-corrected chi connectivity index (χ1v) is 8.41. The summed E-state index contributed by atoms with van der Waals surface area (Å²) in [7, 11) is 0. The lowest BCUT2D eigenvalue weighted by molar-refractivity contribution is -0.134. The van der Waals surface area contributed by atoms with Crippen LogP contribution in [0.15, 0.2) is 0 Å². The van der Waals surface area contributed by atoms with Crippen LogP contribution in [0.25, 0.3) is 0 Å². The van der Waals surface area contributed by atoms with Gasteiger partial charge in [-0.2, -0.15) is 0 Å². The molecule has 2 heterocycles. The molecular weight excluding hydrogens is 276 g/mol. The lowest BCUT2D eigenvalue weighted by Gasteiger charge is -2.21. The topological polar surface area (TPSA) is 58.1 Å². The molecule has 5 heteroatoms. The predicted molar refractivity (Wildman–Crippen MR) is 86.8 cm³/mol. The highest BCUT2D eigenvalue weighted by atomic mass is 16.2. The van der Waals surface area contributed by atoms with Crippen molar-refractivity contribution >= 4 is 11.7 Å². The third-order valence-electron chi connectivity index (χ3n) is 5.05. The molecule has 2 aliphatic rings. The summed E-state index contributed by atoms with van der Waals surface area (Å²) >= 11 is 0. The number of nitrogens with zero attached hydrogens (tertiary/aromatic N) is 3. The van der Waals surface area contributed by atoms with Crippen molar-refractivity contribution in [2.75, 3.05) is 18.4 Å². The fourth-order valence-electron chi connectivity index (χ4n) is 3.61. The van der Waals surface area contributed by atoms with E-state index in [1.54, 1.807) is 0 Å². The Hall–Kier alpha value is -1.65. The molecule has 1 amide bonds. The zero-order valence-electron chi connectivity index (χ0n) is 13.9. The van der Waals surface area contributed by atoms with E-state index in [4.69, 9.17) is 0 Å². The van der Waals surface area contributed by atoms with Crippen molar-refractivity contribution in [1.29, 1.82) is 0 Å². The van der Waals surface area contributed by atoms with Crippen molar-refractivity contribution in [3.63, 3.8) is 0 Å². The molecule has 1 saturated carbocycles. The molecule has 1 aliphatic carbocycles. The van der Waals surface area contributed by atoms with E-state index in [1.807, 2.05) is 25.7 Å². The summed E-state index contributed by atoms with van der Waals surface area (Å²) in [5.41, 5.74) is 2.12. The molecule has 22 heavy (non-hydrogen) atoms. The van der Waals surface area contributed by atoms with Crippen LogP contribution in [-0.4, -0.2) is 39.9 Å². The van der Waals surface area contributed by atoms with Crippen LogP contribution in [0.2, 0.25) is 0 Å². The van der Waals surface area contributed by atoms with Crippen molar-refractivity contribution in [1.82, 2.24) is 14.9 Å². The molecule has 0 spiro atoms. The van der Waals surface area contributed by atoms with Crippen molar-refractivity contribution < 1.29 is 4.79 Å². The van der Waals surface area contributed by atoms with Crippen LogP contribution in [0.5, 0.6) is 0 Å². The average molecular weight is 302 g/mol. The SMILES string of the molecule is Cc1nc(C)c(C)c(NC2CCN(C(=O)C3CCCC3)C2)n1. The van der Waals surface area contributed by atoms with E-state index in [9.17, 15) is 4.79 Å². The first-order valence-electron chi connectivity index (χ1n) is 8.41. The van der Waals surface area contributed by atoms with Gasteiger partial charge in [-0.3, -0.25) is 4.79 Å². The number of hydrogen-bond donors (Lipinski definition) is 1. The second kappa shape index (κ2) is 6.23. The Balaban J connectivity index is 1.62. The van der Waals surface area contributed by atoms with Crippen LogP contribution in [0.4, 0.5) is 5.82 Å². The van der Waals surface area contributed by atoms with E-state index in [0.717, 1.165) is 55.3 Å². The van der Waals surface area contributed by atoms with Crippen LogP contribution in [0.1, 0.15) is 49.2 Å². The Morgan fingerprint density at radius 2 is 1.86 bits per heavy atom. The van der Waals surface area contributed by atoms with Crippen LogP contribution >= 0.6 is 0 Å². The van der Waals surface area contributed by atoms with Gasteiger partial charge in [0.1, 0.15) is 11.6 Å². The molecule has 5 nitrogen and oxygen atoms in total. The van der Waals surface area contributed by atoms with Gasteiger partial charge < -0.3 is 10.2 Å². The Labute approximate surface area is 132 Å². The van der Waals surface area contributed by atoms with E-state index in [-0.39, 0.29) is 5.92 Å². The highest BCUT2D eigenvalue weighted by Crippen LogP contribution is 2.28. The fraction of sp³-hybridized carbons (Fsp3) is 0.706. The van der Waals surface area contributed by atoms with Gasteiger partial charge >= 0.3 is 0 Å². The Kier molecular flexibility index (Phi) is 4.32. The zero-order valence-corrected chi connectivity index (χ0v) is 13.9. The molecule has 0 radical (unpaired) electrons. The van der Waals surface area contributed by atoms with Gasteiger partial charge in [-0.25, -0.2) is 9.97 Å². The Morgan fingerprint density at radius 1 is 1.14 bits per heavy atom. The van der Waals surface area contributed by atoms with Gasteiger partial charge in [0.25, 0.3) is 0 Å². The monoisotopic (exact) mass is 302 g/mol. The molecule has 1 atom stereocenters. The molecule has 1 aromatic rings. The van der Waals surface area contributed by atoms with Crippen LogP contribution in [0.3, 0.4) is 0 Å². The summed E-state index contributed by atoms with van der Waals surface area (Å²) in [6.45, 7) is 7.65. The predicted octanol–water partition coefficient (Wildman–Crippen LogP) is 2.60. The summed E-state index contributed by atoms with van der Waals surface area (Å²) in [5.74, 6) is 2.37. The minimum absolute atomic E-state index is 0.282. The number of anilines is 1. The van der Waals surface area contributed by atoms with Crippen LogP contribution in [0, 0.1) is 26.7 Å². The molecule has 1 saturated heterocycles. The largest absolute Gasteiger partial charge is 0.365 e. The lowest BCUT2D eigenvalue weighted by Crippen LogP contribution is -2.35. The van der Waals surface area contributed by atoms with Gasteiger partial charge in [-0.1, -0.05) is 12.8 Å². The third kappa shape index (κ3) is 3.08. The van der Waals surface area contributed by atoms with E-state index in [1.165, 1.54) is 12.8 Å². The molecule has 1 unspecified atom stereocenters. The second-order valence-electron chi connectivity index (χ2n) is 6.73. The van der Waals surface area contributed by atoms with E-state index >= 15 is 0 Å². The molecule has 120 valence electrons. The number of rotatable bonds is 3. The minimum atomic E-state index is 0.282. The van der Waals surface area contributed by atoms with E-state index in [0.29, 0.717) is 11.9 Å². The Bertz CT molecular complexity index is 566. The van der Waals surface area contributed by atoms with Crippen molar-refractivity contribution in [2.24, 2.45) is 5.92 Å². The maximum Gasteiger partial charge on any atom is 0.225 e. The van der Waals surface area contributed by atoms with E-state index < -0.39 is 0 Å². The number of amides is 1. The first-order chi connectivity index (χ1) is 10.5. The lowest BCUT2D eigenvalue weighted by atomic mass is 10.1. The van der Waals surface area contributed by atoms with Gasteiger partial charge in [0.05, 0.1) is 0 Å². The van der Waals surface area contributed by atoms with Gasteiger partial charge in [0.2, 0.25) is 5.91 Å². The zero-order chi connectivity index (χ0) is 15.7. The average Bonchev–Trinajstić information content (AvgIpc) is 3.15. The van der Waals surface area contributed by atoms with Gasteiger partial charge in [0.15, 0.2) is 0 Å². The van der Waals surface area contributed by atoms with Crippen LogP contribution < -0.4 is 5.32 Å². The molecular formula is C17H26N4O. The number of likely N-dealkylation sites (tertiary alicyclic amines) is 1. The number of hydrogen-bond acceptors (Lipinski definition) is 4. The normalized spacial score (nSPS) is 22.3. The quantitative estimate of drug-likeness (QED) is 0.932. The summed E-state index contributed by atoms with van der Waals surface area (Å²) in [5, 5.41) is 3.52. The maximum atomic E-state index is 12.5. The van der Waals surface area contributed by atoms with Gasteiger partial charge in [-0.15, -0.1) is 0 Å². The van der Waals surface area contributed by atoms with Crippen molar-refractivity contribution in [2.45, 2.75) is 58.9 Å². The minimum Gasteiger partial charge on any atom is -0.365 e. The second-order valence-corrected chi connectivity index (χ2v) is 6.73. The molecule has 1 aliphatic heterocycles. The molecule has 1 N–H and O–H groups in total. The first kappa shape index (κ1) is 15.3. The van der Waals surface area contributed by atoms with Gasteiger partial charge in [0, 0.05) is 36.3 Å². The van der Waals surface area contributed by atoms with E-state index in [2.05, 4.69) is 15.3 Å². The molecule has 1 aromatic heterocycles. The Morgan fingerprint density at radius 3 is 2.59 bits per heavy atom. The number of carbonyl (C=O) groups excluding carboxylic acids is 1. The van der Waals surface area contributed by atoms with Crippen molar-refractivity contribution in [3.8, 4) is 0 Å². The number of carbonyl (C=O) groups is 1. The summed E-state index contributed by atoms with van der Waals surface area (Å²) in [6, 6.07) is 0.303. The molecule has 0 bridgehead atoms. The van der Waals surface area contributed by atoms with Gasteiger partial charge in [-0.05, 0) is 40.0 Å². The third-order valence-corrected chi connectivity index (χ3v) is 5.05. The summed E-state index contributed by atoms with van der Waals surface area (Å²) in [4.78, 5) is 23.4. The number of aryl methyl sites for hydroxylation is 2. The van der Waals surface area contributed by atoms with Crippen molar-refractivity contribution in [3.05, 3.63) is 17.1 Å². The molecule has 2 fully saturated rings. The summed E-state index contributed by atoms with van der Waals surface area (Å²) < 4.78 is 0. The molecule has 3 rings (SSSR count). The maximum absolute atomic E-state index is 12.5.